The van der Waals surface area contributed by atoms with Gasteiger partial charge in [0.05, 0.1) is 17.3 Å². The van der Waals surface area contributed by atoms with Gasteiger partial charge in [-0.05, 0) is 30.2 Å². The van der Waals surface area contributed by atoms with E-state index >= 15 is 0 Å². The van der Waals surface area contributed by atoms with Gasteiger partial charge in [0, 0.05) is 6.04 Å². The molecule has 0 aliphatic carbocycles. The van der Waals surface area contributed by atoms with Crippen molar-refractivity contribution in [2.75, 3.05) is 7.11 Å². The van der Waals surface area contributed by atoms with Gasteiger partial charge < -0.3 is 10.5 Å². The maximum atomic E-state index is 12.1. The third-order valence-corrected chi connectivity index (χ3v) is 5.49. The molecule has 2 unspecified atom stereocenters. The summed E-state index contributed by atoms with van der Waals surface area (Å²) in [6, 6.07) is 4.51. The van der Waals surface area contributed by atoms with E-state index in [2.05, 4.69) is 0 Å². The van der Waals surface area contributed by atoms with Gasteiger partial charge in [-0.15, -0.1) is 0 Å². The first kappa shape index (κ1) is 11.4. The van der Waals surface area contributed by atoms with Crippen molar-refractivity contribution in [1.29, 1.82) is 0 Å². The van der Waals surface area contributed by atoms with Gasteiger partial charge >= 0.3 is 0 Å². The normalized spacial score (nSPS) is 26.4. The summed E-state index contributed by atoms with van der Waals surface area (Å²) in [4.78, 5) is 0.354. The van der Waals surface area contributed by atoms with E-state index in [1.165, 1.54) is 0 Å². The summed E-state index contributed by atoms with van der Waals surface area (Å²) in [5.74, 6) is 0.640. The Morgan fingerprint density at radius 2 is 2.12 bits per heavy atom. The van der Waals surface area contributed by atoms with E-state index in [-0.39, 0.29) is 0 Å². The van der Waals surface area contributed by atoms with Crippen molar-refractivity contribution in [1.82, 2.24) is 0 Å². The third-order valence-electron chi connectivity index (χ3n) is 3.08. The molecule has 0 saturated heterocycles. The first-order valence-corrected chi connectivity index (χ1v) is 6.74. The van der Waals surface area contributed by atoms with Crippen LogP contribution in [0.4, 0.5) is 0 Å². The minimum absolute atomic E-state index is 0.354. The Morgan fingerprint density at radius 1 is 1.44 bits per heavy atom. The van der Waals surface area contributed by atoms with Crippen LogP contribution in [0.25, 0.3) is 0 Å². The Kier molecular flexibility index (Phi) is 2.67. The van der Waals surface area contributed by atoms with Crippen molar-refractivity contribution in [3.8, 4) is 5.75 Å². The van der Waals surface area contributed by atoms with E-state index in [4.69, 9.17) is 10.5 Å². The van der Waals surface area contributed by atoms with Gasteiger partial charge in [0.15, 0.2) is 9.84 Å². The molecule has 0 radical (unpaired) electrons. The van der Waals surface area contributed by atoms with Gasteiger partial charge in [-0.25, -0.2) is 8.42 Å². The zero-order valence-corrected chi connectivity index (χ0v) is 10.1. The number of sulfone groups is 1. The summed E-state index contributed by atoms with van der Waals surface area (Å²) in [7, 11) is -1.70. The Morgan fingerprint density at radius 3 is 2.69 bits per heavy atom. The van der Waals surface area contributed by atoms with E-state index in [0.717, 1.165) is 0 Å². The lowest BCUT2D eigenvalue weighted by Gasteiger charge is -2.11. The van der Waals surface area contributed by atoms with Crippen molar-refractivity contribution in [3.05, 3.63) is 23.8 Å². The zero-order valence-electron chi connectivity index (χ0n) is 9.30. The number of fused-ring (bicyclic) bond motifs is 1. The molecule has 1 aromatic carbocycles. The monoisotopic (exact) mass is 241 g/mol. The largest absolute Gasteiger partial charge is 0.497 e. The number of rotatable bonds is 2. The van der Waals surface area contributed by atoms with Crippen LogP contribution in [-0.4, -0.2) is 20.8 Å². The van der Waals surface area contributed by atoms with Gasteiger partial charge in [0.2, 0.25) is 0 Å². The average Bonchev–Trinajstić information content (AvgIpc) is 2.46. The van der Waals surface area contributed by atoms with Gasteiger partial charge in [-0.1, -0.05) is 6.92 Å². The molecule has 0 saturated carbocycles. The van der Waals surface area contributed by atoms with Gasteiger partial charge in [-0.3, -0.25) is 0 Å². The lowest BCUT2D eigenvalue weighted by atomic mass is 10.0. The smallest absolute Gasteiger partial charge is 0.183 e. The molecule has 0 fully saturated rings. The molecule has 0 spiro atoms. The van der Waals surface area contributed by atoms with Crippen molar-refractivity contribution in [3.63, 3.8) is 0 Å². The lowest BCUT2D eigenvalue weighted by Crippen LogP contribution is -2.25. The van der Waals surface area contributed by atoms with Crippen LogP contribution in [0.5, 0.6) is 5.75 Å². The zero-order chi connectivity index (χ0) is 11.9. The fraction of sp³-hybridized carbons (Fsp3) is 0.455. The number of nitrogens with two attached hydrogens (primary N) is 1. The maximum absolute atomic E-state index is 12.1. The van der Waals surface area contributed by atoms with Crippen LogP contribution in [0.2, 0.25) is 0 Å². The fourth-order valence-electron chi connectivity index (χ4n) is 2.20. The minimum Gasteiger partial charge on any atom is -0.497 e. The van der Waals surface area contributed by atoms with E-state index < -0.39 is 21.1 Å². The number of hydrogen-bond acceptors (Lipinski definition) is 4. The number of methoxy groups -OCH3 is 1. The molecule has 0 bridgehead atoms. The Labute approximate surface area is 95.3 Å². The highest BCUT2D eigenvalue weighted by Gasteiger charge is 2.42. The number of ether oxygens (including phenoxy) is 1. The van der Waals surface area contributed by atoms with Crippen molar-refractivity contribution in [2.45, 2.75) is 29.5 Å². The van der Waals surface area contributed by atoms with Crippen molar-refractivity contribution >= 4 is 9.84 Å². The molecule has 88 valence electrons. The first-order chi connectivity index (χ1) is 7.52. The summed E-state index contributed by atoms with van der Waals surface area (Å²) in [5, 5.41) is -0.505. The Hall–Kier alpha value is -1.07. The van der Waals surface area contributed by atoms with Gasteiger partial charge in [0.1, 0.15) is 5.75 Å². The first-order valence-electron chi connectivity index (χ1n) is 5.19. The molecule has 0 aromatic heterocycles. The van der Waals surface area contributed by atoms with Gasteiger partial charge in [-0.2, -0.15) is 0 Å². The second-order valence-corrected chi connectivity index (χ2v) is 6.06. The molecule has 4 nitrogen and oxygen atoms in total. The quantitative estimate of drug-likeness (QED) is 0.846. The molecule has 1 aliphatic heterocycles. The predicted molar refractivity (Wildman–Crippen MR) is 61.2 cm³/mol. The third kappa shape index (κ3) is 1.43. The highest BCUT2D eigenvalue weighted by atomic mass is 32.2. The molecule has 1 heterocycles. The van der Waals surface area contributed by atoms with Crippen LogP contribution >= 0.6 is 0 Å². The molecule has 2 atom stereocenters. The van der Waals surface area contributed by atoms with Crippen LogP contribution < -0.4 is 10.5 Å². The van der Waals surface area contributed by atoms with Crippen molar-refractivity contribution < 1.29 is 13.2 Å². The minimum atomic E-state index is -3.25. The average molecular weight is 241 g/mol. The second kappa shape index (κ2) is 3.75. The highest BCUT2D eigenvalue weighted by molar-refractivity contribution is 7.92. The number of benzene rings is 1. The highest BCUT2D eigenvalue weighted by Crippen LogP contribution is 2.40. The maximum Gasteiger partial charge on any atom is 0.183 e. The second-order valence-electron chi connectivity index (χ2n) is 3.92. The summed E-state index contributed by atoms with van der Waals surface area (Å²) >= 11 is 0. The molecule has 5 heteroatoms. The fourth-order valence-corrected chi connectivity index (χ4v) is 4.28. The number of hydrogen-bond donors (Lipinski definition) is 1. The van der Waals surface area contributed by atoms with Crippen LogP contribution in [0.15, 0.2) is 23.1 Å². The van der Waals surface area contributed by atoms with Crippen molar-refractivity contribution in [2.24, 2.45) is 5.73 Å². The standard InChI is InChI=1S/C11H15NO3S/c1-3-9-11(12)8-6-7(15-2)4-5-10(8)16(9,13)14/h4-6,9,11H,3,12H2,1-2H3. The summed E-state index contributed by atoms with van der Waals surface area (Å²) in [6.07, 6.45) is 0.528. The topological polar surface area (TPSA) is 69.4 Å². The molecule has 2 N–H and O–H groups in total. The lowest BCUT2D eigenvalue weighted by molar-refractivity contribution is 0.413. The summed E-state index contributed by atoms with van der Waals surface area (Å²) < 4.78 is 29.3. The molecule has 1 aliphatic rings. The molecule has 0 amide bonds. The van der Waals surface area contributed by atoms with Gasteiger partial charge in [0.25, 0.3) is 0 Å². The summed E-state index contributed by atoms with van der Waals surface area (Å²) in [5.41, 5.74) is 6.64. The SMILES string of the molecule is CCC1C(N)c2cc(OC)ccc2S1(=O)=O. The Bertz CT molecular complexity index is 510. The van der Waals surface area contributed by atoms with E-state index in [1.807, 2.05) is 6.92 Å². The predicted octanol–water partition coefficient (Wildman–Crippen LogP) is 1.26. The van der Waals surface area contributed by atoms with E-state index in [0.29, 0.717) is 22.6 Å². The Balaban J connectivity index is 2.62. The van der Waals surface area contributed by atoms with E-state index in [1.54, 1.807) is 25.3 Å². The molecule has 1 aromatic rings. The van der Waals surface area contributed by atoms with Crippen LogP contribution in [0.3, 0.4) is 0 Å². The summed E-state index contributed by atoms with van der Waals surface area (Å²) in [6.45, 7) is 1.84. The molecular weight excluding hydrogens is 226 g/mol. The van der Waals surface area contributed by atoms with Crippen LogP contribution in [0, 0.1) is 0 Å². The molecule has 2 rings (SSSR count). The molecular formula is C11H15NO3S. The molecule has 16 heavy (non-hydrogen) atoms. The van der Waals surface area contributed by atoms with Crippen LogP contribution in [0.1, 0.15) is 24.9 Å². The van der Waals surface area contributed by atoms with E-state index in [9.17, 15) is 8.42 Å². The van der Waals surface area contributed by atoms with Crippen LogP contribution in [-0.2, 0) is 9.84 Å².